The van der Waals surface area contributed by atoms with Gasteiger partial charge in [0.25, 0.3) is 0 Å². The first kappa shape index (κ1) is 35.5. The van der Waals surface area contributed by atoms with Crippen molar-refractivity contribution in [2.75, 3.05) is 13.1 Å². The van der Waals surface area contributed by atoms with Gasteiger partial charge in [0.05, 0.1) is 12.6 Å². The summed E-state index contributed by atoms with van der Waals surface area (Å²) in [6.07, 6.45) is -0.133. The van der Waals surface area contributed by atoms with Gasteiger partial charge in [-0.1, -0.05) is 0 Å². The van der Waals surface area contributed by atoms with Crippen molar-refractivity contribution >= 4 is 47.4 Å². The molecule has 0 bridgehead atoms. The number of nitrogens with one attached hydrogen (secondary N) is 5. The van der Waals surface area contributed by atoms with Crippen LogP contribution in [0.1, 0.15) is 46.5 Å². The van der Waals surface area contributed by atoms with E-state index in [1.54, 1.807) is 0 Å². The molecular weight excluding hydrogens is 534 g/mol. The smallest absolute Gasteiger partial charge is 0.325 e. The minimum Gasteiger partial charge on any atom is -0.481 e. The zero-order valence-electron chi connectivity index (χ0n) is 22.6. The van der Waals surface area contributed by atoms with E-state index in [1.165, 1.54) is 20.8 Å². The van der Waals surface area contributed by atoms with Crippen LogP contribution < -0.4 is 43.8 Å². The van der Waals surface area contributed by atoms with Crippen LogP contribution in [0.15, 0.2) is 4.99 Å². The third-order valence-electron chi connectivity index (χ3n) is 5.26. The lowest BCUT2D eigenvalue weighted by Crippen LogP contribution is -2.55. The predicted octanol–water partition coefficient (Wildman–Crippen LogP) is -4.57. The highest BCUT2D eigenvalue weighted by Gasteiger charge is 2.27. The molecular formula is C22H39N9O9. The standard InChI is InChI=1S/C22H39N9O9/c1-10(29-19(37)13(23)6-7-16(33)34)17(35)27-9-15(32)28-11(2)18(36)31-14(5-4-8-26-22(24)25)20(38)30-12(3)21(39)40/h10-14H,4-9,23H2,1-3H3,(H,27,35)(H,28,32)(H,29,37)(H,30,38)(H,31,36)(H,33,34)(H,39,40)(H4,24,25,26)/t10-,11-,12-,13-,14-/m0/s1. The van der Waals surface area contributed by atoms with Crippen molar-refractivity contribution < 1.29 is 43.8 Å². The minimum absolute atomic E-state index is 0.0565. The molecule has 0 heterocycles. The topological polar surface area (TPSA) is 311 Å². The van der Waals surface area contributed by atoms with E-state index in [4.69, 9.17) is 27.4 Å². The van der Waals surface area contributed by atoms with Crippen molar-refractivity contribution in [3.05, 3.63) is 0 Å². The molecule has 0 saturated carbocycles. The van der Waals surface area contributed by atoms with E-state index in [9.17, 15) is 33.6 Å². The molecule has 13 N–H and O–H groups in total. The van der Waals surface area contributed by atoms with E-state index in [-0.39, 0.29) is 38.2 Å². The van der Waals surface area contributed by atoms with Crippen molar-refractivity contribution in [1.82, 2.24) is 26.6 Å². The van der Waals surface area contributed by atoms with Gasteiger partial charge in [-0.25, -0.2) is 0 Å². The van der Waals surface area contributed by atoms with Gasteiger partial charge in [-0.2, -0.15) is 0 Å². The lowest BCUT2D eigenvalue weighted by molar-refractivity contribution is -0.142. The fourth-order valence-electron chi connectivity index (χ4n) is 2.92. The summed E-state index contributed by atoms with van der Waals surface area (Å²) in [7, 11) is 0. The van der Waals surface area contributed by atoms with Crippen LogP contribution in [0, 0.1) is 0 Å². The molecule has 0 unspecified atom stereocenters. The molecule has 0 aliphatic heterocycles. The van der Waals surface area contributed by atoms with Gasteiger partial charge in [0, 0.05) is 13.0 Å². The number of nitrogens with two attached hydrogens (primary N) is 3. The third kappa shape index (κ3) is 15.1. The summed E-state index contributed by atoms with van der Waals surface area (Å²) in [6.45, 7) is 3.49. The van der Waals surface area contributed by atoms with Crippen molar-refractivity contribution in [2.24, 2.45) is 22.2 Å². The molecule has 0 aromatic heterocycles. The number of amides is 5. The van der Waals surface area contributed by atoms with E-state index < -0.39 is 78.2 Å². The van der Waals surface area contributed by atoms with Gasteiger partial charge in [0.2, 0.25) is 29.5 Å². The van der Waals surface area contributed by atoms with Gasteiger partial charge < -0.3 is 54.0 Å². The molecule has 0 saturated heterocycles. The monoisotopic (exact) mass is 573 g/mol. The number of guanidine groups is 1. The molecule has 0 rings (SSSR count). The summed E-state index contributed by atoms with van der Waals surface area (Å²) in [5.41, 5.74) is 16.1. The normalized spacial score (nSPS) is 14.2. The first-order valence-corrected chi connectivity index (χ1v) is 12.3. The van der Waals surface area contributed by atoms with E-state index in [1.807, 2.05) is 0 Å². The lowest BCUT2D eigenvalue weighted by atomic mass is 10.1. The Kier molecular flexibility index (Phi) is 15.9. The number of carbonyl (C=O) groups excluding carboxylic acids is 5. The Labute approximate surface area is 230 Å². The maximum absolute atomic E-state index is 12.6. The highest BCUT2D eigenvalue weighted by atomic mass is 16.4. The van der Waals surface area contributed by atoms with E-state index >= 15 is 0 Å². The molecule has 0 aromatic carbocycles. The molecule has 0 aliphatic carbocycles. The van der Waals surface area contributed by atoms with Crippen LogP contribution in [0.5, 0.6) is 0 Å². The Morgan fingerprint density at radius 1 is 0.750 bits per heavy atom. The van der Waals surface area contributed by atoms with Crippen LogP contribution in [-0.4, -0.2) is 101 Å². The fourth-order valence-corrected chi connectivity index (χ4v) is 2.92. The van der Waals surface area contributed by atoms with E-state index in [0.717, 1.165) is 0 Å². The molecule has 5 amide bonds. The van der Waals surface area contributed by atoms with Crippen LogP contribution in [0.2, 0.25) is 0 Å². The lowest BCUT2D eigenvalue weighted by Gasteiger charge is -2.22. The van der Waals surface area contributed by atoms with Crippen molar-refractivity contribution in [1.29, 1.82) is 0 Å². The Morgan fingerprint density at radius 3 is 1.88 bits per heavy atom. The Bertz CT molecular complexity index is 969. The Morgan fingerprint density at radius 2 is 1.32 bits per heavy atom. The molecule has 0 radical (unpaired) electrons. The first-order chi connectivity index (χ1) is 18.5. The fraction of sp³-hybridized carbons (Fsp3) is 0.636. The third-order valence-corrected chi connectivity index (χ3v) is 5.26. The summed E-state index contributed by atoms with van der Waals surface area (Å²) >= 11 is 0. The van der Waals surface area contributed by atoms with Crippen LogP contribution in [0.4, 0.5) is 0 Å². The van der Waals surface area contributed by atoms with Crippen LogP contribution in [0.3, 0.4) is 0 Å². The number of carboxylic acids is 2. The summed E-state index contributed by atoms with van der Waals surface area (Å²) in [4.78, 5) is 86.9. The Hall–Kier alpha value is -4.48. The van der Waals surface area contributed by atoms with Gasteiger partial charge in [-0.3, -0.25) is 38.6 Å². The van der Waals surface area contributed by atoms with Crippen LogP contribution >= 0.6 is 0 Å². The zero-order valence-corrected chi connectivity index (χ0v) is 22.6. The molecule has 18 heteroatoms. The first-order valence-electron chi connectivity index (χ1n) is 12.3. The molecule has 18 nitrogen and oxygen atoms in total. The molecule has 0 aromatic rings. The number of carbonyl (C=O) groups is 7. The highest BCUT2D eigenvalue weighted by Crippen LogP contribution is 2.01. The number of carboxylic acid groups (broad SMARTS) is 2. The number of nitrogens with zero attached hydrogens (tertiary/aromatic N) is 1. The Balaban J connectivity index is 4.88. The van der Waals surface area contributed by atoms with Crippen LogP contribution in [-0.2, 0) is 33.6 Å². The highest BCUT2D eigenvalue weighted by molar-refractivity contribution is 5.95. The maximum atomic E-state index is 12.6. The summed E-state index contributed by atoms with van der Waals surface area (Å²) in [6, 6.07) is -5.77. The SMILES string of the molecule is C[C@H](NC(=O)[C@H](CCCN=C(N)N)NC(=O)[C@H](C)NC(=O)CNC(=O)[C@H](C)NC(=O)[C@@H](N)CCC(=O)O)C(=O)O. The molecule has 5 atom stereocenters. The second kappa shape index (κ2) is 17.9. The predicted molar refractivity (Wildman–Crippen MR) is 140 cm³/mol. The summed E-state index contributed by atoms with van der Waals surface area (Å²) < 4.78 is 0. The van der Waals surface area contributed by atoms with Gasteiger partial charge in [0.1, 0.15) is 24.2 Å². The summed E-state index contributed by atoms with van der Waals surface area (Å²) in [5.74, 6) is -6.35. The van der Waals surface area contributed by atoms with Crippen LogP contribution in [0.25, 0.3) is 0 Å². The summed E-state index contributed by atoms with van der Waals surface area (Å²) in [5, 5.41) is 29.3. The number of aliphatic carboxylic acids is 2. The average molecular weight is 574 g/mol. The molecule has 0 aliphatic rings. The van der Waals surface area contributed by atoms with Gasteiger partial charge in [-0.15, -0.1) is 0 Å². The molecule has 226 valence electrons. The number of aliphatic imine (C=N–C) groups is 1. The zero-order chi connectivity index (χ0) is 31.0. The second-order valence-corrected chi connectivity index (χ2v) is 8.85. The molecule has 0 spiro atoms. The molecule has 40 heavy (non-hydrogen) atoms. The number of rotatable bonds is 18. The van der Waals surface area contributed by atoms with Crippen molar-refractivity contribution in [2.45, 2.75) is 76.7 Å². The van der Waals surface area contributed by atoms with Crippen molar-refractivity contribution in [3.63, 3.8) is 0 Å². The largest absolute Gasteiger partial charge is 0.481 e. The molecule has 0 fully saturated rings. The van der Waals surface area contributed by atoms with Gasteiger partial charge in [-0.05, 0) is 40.0 Å². The average Bonchev–Trinajstić information content (AvgIpc) is 2.86. The number of hydrogen-bond acceptors (Lipinski definition) is 9. The van der Waals surface area contributed by atoms with E-state index in [2.05, 4.69) is 31.6 Å². The maximum Gasteiger partial charge on any atom is 0.325 e. The second-order valence-electron chi connectivity index (χ2n) is 8.85. The van der Waals surface area contributed by atoms with Gasteiger partial charge in [0.15, 0.2) is 5.96 Å². The van der Waals surface area contributed by atoms with E-state index in [0.29, 0.717) is 0 Å². The number of hydrogen-bond donors (Lipinski definition) is 10. The van der Waals surface area contributed by atoms with Gasteiger partial charge >= 0.3 is 11.9 Å². The van der Waals surface area contributed by atoms with Crippen molar-refractivity contribution in [3.8, 4) is 0 Å². The minimum atomic E-state index is -1.28. The quantitative estimate of drug-likeness (QED) is 0.0421.